The second-order valence-electron chi connectivity index (χ2n) is 4.05. The van der Waals surface area contributed by atoms with E-state index in [0.29, 0.717) is 0 Å². The maximum atomic E-state index is 4.15. The largest absolute Gasteiger partial charge is 0.353 e. The highest BCUT2D eigenvalue weighted by molar-refractivity contribution is 8.01. The third kappa shape index (κ3) is 6.24. The van der Waals surface area contributed by atoms with Gasteiger partial charge < -0.3 is 10.2 Å². The van der Waals surface area contributed by atoms with Gasteiger partial charge in [-0.25, -0.2) is 0 Å². The number of nitrogens with one attached hydrogen (secondary N) is 1. The number of thioether (sulfide) groups is 1. The molecule has 0 aliphatic carbocycles. The number of anilines is 1. The first kappa shape index (κ1) is 14.7. The smallest absolute Gasteiger partial charge is 0.208 e. The lowest BCUT2D eigenvalue weighted by Crippen LogP contribution is -2.18. The van der Waals surface area contributed by atoms with Gasteiger partial charge in [-0.2, -0.15) is 0 Å². The maximum absolute atomic E-state index is 4.15. The molecule has 6 heteroatoms. The minimum Gasteiger partial charge on any atom is -0.353 e. The van der Waals surface area contributed by atoms with Gasteiger partial charge in [-0.3, -0.25) is 0 Å². The number of unbranched alkanes of at least 4 members (excludes halogenated alkanes) is 2. The lowest BCUT2D eigenvalue weighted by Gasteiger charge is -2.04. The van der Waals surface area contributed by atoms with Crippen LogP contribution in [0.4, 0.5) is 5.13 Å². The second kappa shape index (κ2) is 8.72. The van der Waals surface area contributed by atoms with E-state index in [2.05, 4.69) is 22.4 Å². The van der Waals surface area contributed by atoms with E-state index in [-0.39, 0.29) is 0 Å². The average molecular weight is 274 g/mol. The minimum absolute atomic E-state index is 0.975. The molecule has 0 aliphatic rings. The van der Waals surface area contributed by atoms with Gasteiger partial charge in [0.15, 0.2) is 4.34 Å². The summed E-state index contributed by atoms with van der Waals surface area (Å²) in [7, 11) is 3.98. The maximum Gasteiger partial charge on any atom is 0.208 e. The summed E-state index contributed by atoms with van der Waals surface area (Å²) in [5.74, 6) is 1.06. The highest BCUT2D eigenvalue weighted by Crippen LogP contribution is 2.26. The Morgan fingerprint density at radius 3 is 2.71 bits per heavy atom. The van der Waals surface area contributed by atoms with Gasteiger partial charge in [-0.1, -0.05) is 42.9 Å². The molecule has 0 radical (unpaired) electrons. The molecule has 1 rings (SSSR count). The first-order valence-corrected chi connectivity index (χ1v) is 7.88. The Kier molecular flexibility index (Phi) is 7.55. The molecule has 0 saturated heterocycles. The van der Waals surface area contributed by atoms with Crippen LogP contribution >= 0.6 is 23.1 Å². The number of hydrogen-bond acceptors (Lipinski definition) is 6. The normalized spacial score (nSPS) is 10.8. The van der Waals surface area contributed by atoms with Crippen molar-refractivity contribution in [3.8, 4) is 0 Å². The van der Waals surface area contributed by atoms with Crippen molar-refractivity contribution < 1.29 is 0 Å². The molecule has 1 heterocycles. The van der Waals surface area contributed by atoms with E-state index in [4.69, 9.17) is 0 Å². The standard InChI is InChI=1S/C11H22N4S2/c1-4-5-6-7-12-8-9-16-11-14-13-10(17-11)15(2)3/h12H,4-9H2,1-3H3. The summed E-state index contributed by atoms with van der Waals surface area (Å²) in [6.07, 6.45) is 3.89. The van der Waals surface area contributed by atoms with Crippen LogP contribution in [0.3, 0.4) is 0 Å². The Balaban J connectivity index is 2.05. The molecule has 1 N–H and O–H groups in total. The third-order valence-electron chi connectivity index (χ3n) is 2.24. The average Bonchev–Trinajstić information content (AvgIpc) is 2.77. The van der Waals surface area contributed by atoms with Crippen molar-refractivity contribution in [2.45, 2.75) is 30.5 Å². The van der Waals surface area contributed by atoms with Gasteiger partial charge in [0.25, 0.3) is 0 Å². The topological polar surface area (TPSA) is 41.1 Å². The summed E-state index contributed by atoms with van der Waals surface area (Å²) in [6.45, 7) is 4.41. The van der Waals surface area contributed by atoms with Crippen LogP contribution in [0.15, 0.2) is 4.34 Å². The Bertz CT molecular complexity index is 301. The van der Waals surface area contributed by atoms with E-state index in [1.807, 2.05) is 19.0 Å². The lowest BCUT2D eigenvalue weighted by atomic mass is 10.2. The van der Waals surface area contributed by atoms with Crippen LogP contribution in [-0.2, 0) is 0 Å². The molecule has 0 aromatic carbocycles. The molecule has 0 saturated carbocycles. The van der Waals surface area contributed by atoms with E-state index in [9.17, 15) is 0 Å². The van der Waals surface area contributed by atoms with Crippen molar-refractivity contribution in [3.63, 3.8) is 0 Å². The van der Waals surface area contributed by atoms with Gasteiger partial charge in [0.2, 0.25) is 5.13 Å². The molecule has 0 fully saturated rings. The summed E-state index contributed by atoms with van der Waals surface area (Å²) < 4.78 is 1.06. The first-order chi connectivity index (χ1) is 8.24. The predicted octanol–water partition coefficient (Wildman–Crippen LogP) is 2.48. The first-order valence-electron chi connectivity index (χ1n) is 6.08. The lowest BCUT2D eigenvalue weighted by molar-refractivity contribution is 0.636. The van der Waals surface area contributed by atoms with Crippen LogP contribution in [-0.4, -0.2) is 43.1 Å². The summed E-state index contributed by atoms with van der Waals surface area (Å²) in [5.41, 5.74) is 0. The Hall–Kier alpha value is -0.330. The zero-order valence-corrected chi connectivity index (χ0v) is 12.5. The van der Waals surface area contributed by atoms with Gasteiger partial charge in [0.05, 0.1) is 0 Å². The summed E-state index contributed by atoms with van der Waals surface area (Å²) in [4.78, 5) is 1.99. The van der Waals surface area contributed by atoms with Crippen LogP contribution in [0.25, 0.3) is 0 Å². The van der Waals surface area contributed by atoms with Gasteiger partial charge in [0, 0.05) is 26.4 Å². The third-order valence-corrected chi connectivity index (χ3v) is 4.47. The fourth-order valence-electron chi connectivity index (χ4n) is 1.28. The van der Waals surface area contributed by atoms with Crippen molar-refractivity contribution in [3.05, 3.63) is 0 Å². The molecule has 0 amide bonds. The van der Waals surface area contributed by atoms with Crippen molar-refractivity contribution in [1.82, 2.24) is 15.5 Å². The van der Waals surface area contributed by atoms with Crippen molar-refractivity contribution in [2.24, 2.45) is 0 Å². The highest BCUT2D eigenvalue weighted by Gasteiger charge is 2.05. The van der Waals surface area contributed by atoms with E-state index >= 15 is 0 Å². The van der Waals surface area contributed by atoms with Gasteiger partial charge in [0.1, 0.15) is 0 Å². The zero-order valence-electron chi connectivity index (χ0n) is 10.9. The van der Waals surface area contributed by atoms with Crippen molar-refractivity contribution >= 4 is 28.2 Å². The van der Waals surface area contributed by atoms with Crippen molar-refractivity contribution in [1.29, 1.82) is 0 Å². The van der Waals surface area contributed by atoms with Crippen LogP contribution < -0.4 is 10.2 Å². The van der Waals surface area contributed by atoms with Crippen LogP contribution in [0.2, 0.25) is 0 Å². The number of hydrogen-bond donors (Lipinski definition) is 1. The summed E-state index contributed by atoms with van der Waals surface area (Å²) in [5, 5.41) is 12.7. The zero-order chi connectivity index (χ0) is 12.5. The minimum atomic E-state index is 0.975. The van der Waals surface area contributed by atoms with E-state index in [0.717, 1.165) is 28.3 Å². The van der Waals surface area contributed by atoms with Crippen molar-refractivity contribution in [2.75, 3.05) is 37.8 Å². The fourth-order valence-corrected chi connectivity index (χ4v) is 3.01. The molecule has 1 aromatic heterocycles. The molecule has 0 bridgehead atoms. The number of rotatable bonds is 9. The second-order valence-corrected chi connectivity index (χ2v) is 6.35. The molecule has 0 atom stereocenters. The van der Waals surface area contributed by atoms with Gasteiger partial charge in [-0.15, -0.1) is 10.2 Å². The molecule has 1 aromatic rings. The Morgan fingerprint density at radius 2 is 2.06 bits per heavy atom. The highest BCUT2D eigenvalue weighted by atomic mass is 32.2. The van der Waals surface area contributed by atoms with Crippen LogP contribution in [0.1, 0.15) is 26.2 Å². The fraction of sp³-hybridized carbons (Fsp3) is 0.818. The van der Waals surface area contributed by atoms with Gasteiger partial charge >= 0.3 is 0 Å². The molecule has 17 heavy (non-hydrogen) atoms. The number of aromatic nitrogens is 2. The van der Waals surface area contributed by atoms with E-state index in [1.165, 1.54) is 19.3 Å². The van der Waals surface area contributed by atoms with Gasteiger partial charge in [-0.05, 0) is 13.0 Å². The van der Waals surface area contributed by atoms with E-state index < -0.39 is 0 Å². The SMILES string of the molecule is CCCCCNCCSc1nnc(N(C)C)s1. The molecular formula is C11H22N4S2. The molecule has 0 unspecified atom stereocenters. The quantitative estimate of drug-likeness (QED) is 0.553. The monoisotopic (exact) mass is 274 g/mol. The van der Waals surface area contributed by atoms with E-state index in [1.54, 1.807) is 23.1 Å². The molecule has 98 valence electrons. The molecule has 4 nitrogen and oxygen atoms in total. The van der Waals surface area contributed by atoms with Crippen LogP contribution in [0.5, 0.6) is 0 Å². The molecular weight excluding hydrogens is 252 g/mol. The predicted molar refractivity (Wildman–Crippen MR) is 77.4 cm³/mol. The molecule has 0 aliphatic heterocycles. The number of nitrogens with zero attached hydrogens (tertiary/aromatic N) is 3. The molecule has 0 spiro atoms. The summed E-state index contributed by atoms with van der Waals surface area (Å²) >= 11 is 3.43. The summed E-state index contributed by atoms with van der Waals surface area (Å²) in [6, 6.07) is 0. The van der Waals surface area contributed by atoms with Crippen LogP contribution in [0, 0.1) is 0 Å². The Labute approximate surface area is 112 Å². The Morgan fingerprint density at radius 1 is 1.24 bits per heavy atom.